The quantitative estimate of drug-likeness (QED) is 0.0448. The van der Waals surface area contributed by atoms with Crippen LogP contribution in [-0.2, 0) is 19.1 Å². The molecule has 0 aliphatic rings. The Morgan fingerprint density at radius 2 is 0.936 bits per heavy atom. The minimum Gasteiger partial charge on any atom is -0.480 e. The number of hydrogen-bond donors (Lipinski definition) is 3. The molecule has 278 valence electrons. The lowest BCUT2D eigenvalue weighted by Gasteiger charge is -2.18. The first-order valence-corrected chi connectivity index (χ1v) is 20.4. The molecule has 47 heavy (non-hydrogen) atoms. The van der Waals surface area contributed by atoms with Gasteiger partial charge < -0.3 is 20.9 Å². The second kappa shape index (κ2) is 35.7. The molecule has 0 heterocycles. The number of amides is 1. The van der Waals surface area contributed by atoms with Crippen LogP contribution in [0.3, 0.4) is 0 Å². The van der Waals surface area contributed by atoms with E-state index < -0.39 is 12.0 Å². The van der Waals surface area contributed by atoms with Gasteiger partial charge in [0.15, 0.2) is 0 Å². The summed E-state index contributed by atoms with van der Waals surface area (Å²) in [5, 5.41) is 11.9. The zero-order valence-corrected chi connectivity index (χ0v) is 31.1. The van der Waals surface area contributed by atoms with Gasteiger partial charge in [-0.3, -0.25) is 9.59 Å². The Kier molecular flexibility index (Phi) is 34.4. The highest BCUT2D eigenvalue weighted by atomic mass is 16.5. The number of nitrogens with one attached hydrogen (secondary N) is 1. The first-order valence-electron chi connectivity index (χ1n) is 20.4. The number of aliphatic carboxylic acids is 1. The van der Waals surface area contributed by atoms with E-state index in [1.165, 1.54) is 122 Å². The molecule has 0 saturated carbocycles. The van der Waals surface area contributed by atoms with E-state index in [4.69, 9.17) is 10.5 Å². The number of esters is 1. The van der Waals surface area contributed by atoms with Crippen LogP contribution in [0, 0.1) is 0 Å². The summed E-state index contributed by atoms with van der Waals surface area (Å²) in [6.07, 6.45) is 36.4. The van der Waals surface area contributed by atoms with Gasteiger partial charge in [-0.05, 0) is 51.5 Å². The second-order valence-corrected chi connectivity index (χ2v) is 14.1. The molecule has 0 aliphatic heterocycles. The summed E-state index contributed by atoms with van der Waals surface area (Å²) in [5.41, 5.74) is 5.46. The van der Waals surface area contributed by atoms with E-state index in [-0.39, 0.29) is 18.0 Å². The summed E-state index contributed by atoms with van der Waals surface area (Å²) in [5.74, 6) is -1.31. The molecular formula is C40H78N2O5. The van der Waals surface area contributed by atoms with Crippen LogP contribution >= 0.6 is 0 Å². The molecule has 7 heteroatoms. The maximum absolute atomic E-state index is 12.5. The van der Waals surface area contributed by atoms with E-state index in [9.17, 15) is 19.5 Å². The molecule has 0 aliphatic carbocycles. The fourth-order valence-corrected chi connectivity index (χ4v) is 6.32. The molecule has 0 aromatic heterocycles. The highest BCUT2D eigenvalue weighted by Gasteiger charge is 2.19. The zero-order valence-electron chi connectivity index (χ0n) is 31.1. The van der Waals surface area contributed by atoms with E-state index in [1.807, 2.05) is 0 Å². The van der Waals surface area contributed by atoms with Gasteiger partial charge in [0.05, 0.1) is 0 Å². The van der Waals surface area contributed by atoms with E-state index in [1.54, 1.807) is 0 Å². The lowest BCUT2D eigenvalue weighted by Crippen LogP contribution is -2.40. The van der Waals surface area contributed by atoms with E-state index in [0.717, 1.165) is 51.4 Å². The van der Waals surface area contributed by atoms with Crippen molar-refractivity contribution in [2.75, 3.05) is 6.54 Å². The molecule has 2 atom stereocenters. The van der Waals surface area contributed by atoms with Gasteiger partial charge in [-0.25, -0.2) is 4.79 Å². The predicted molar refractivity (Wildman–Crippen MR) is 198 cm³/mol. The van der Waals surface area contributed by atoms with Crippen LogP contribution in [-0.4, -0.2) is 41.6 Å². The molecule has 1 amide bonds. The first kappa shape index (κ1) is 45.4. The maximum Gasteiger partial charge on any atom is 0.326 e. The average molecular weight is 667 g/mol. The SMILES string of the molecule is CCCCCCCCCCCCCCCCCCCCCCCC(=O)OC(CCCC)CCCCCC(=O)NC(CCCN)C(=O)O. The molecule has 0 saturated heterocycles. The maximum atomic E-state index is 12.5. The molecule has 0 aromatic rings. The number of nitrogens with two attached hydrogens (primary N) is 1. The number of hydrogen-bond acceptors (Lipinski definition) is 5. The molecule has 4 N–H and O–H groups in total. The summed E-state index contributed by atoms with van der Waals surface area (Å²) in [6, 6.07) is -0.868. The molecule has 0 fully saturated rings. The van der Waals surface area contributed by atoms with Gasteiger partial charge in [0.2, 0.25) is 5.91 Å². The Labute approximate surface area is 290 Å². The smallest absolute Gasteiger partial charge is 0.326 e. The fraction of sp³-hybridized carbons (Fsp3) is 0.925. The summed E-state index contributed by atoms with van der Waals surface area (Å²) >= 11 is 0. The molecule has 0 radical (unpaired) electrons. The minimum absolute atomic E-state index is 0.0427. The lowest BCUT2D eigenvalue weighted by molar-refractivity contribution is -0.150. The average Bonchev–Trinajstić information content (AvgIpc) is 3.05. The lowest BCUT2D eigenvalue weighted by atomic mass is 10.0. The van der Waals surface area contributed by atoms with Gasteiger partial charge in [-0.2, -0.15) is 0 Å². The number of carbonyl (C=O) groups is 3. The van der Waals surface area contributed by atoms with E-state index >= 15 is 0 Å². The van der Waals surface area contributed by atoms with Crippen molar-refractivity contribution in [1.82, 2.24) is 5.32 Å². The van der Waals surface area contributed by atoms with Crippen molar-refractivity contribution in [3.05, 3.63) is 0 Å². The largest absolute Gasteiger partial charge is 0.480 e. The molecule has 0 rings (SSSR count). The monoisotopic (exact) mass is 667 g/mol. The van der Waals surface area contributed by atoms with Crippen molar-refractivity contribution in [3.63, 3.8) is 0 Å². The Hall–Kier alpha value is -1.63. The van der Waals surface area contributed by atoms with Crippen LogP contribution in [0.2, 0.25) is 0 Å². The summed E-state index contributed by atoms with van der Waals surface area (Å²) in [6.45, 7) is 4.84. The highest BCUT2D eigenvalue weighted by molar-refractivity contribution is 5.83. The fourth-order valence-electron chi connectivity index (χ4n) is 6.32. The Bertz CT molecular complexity index is 717. The van der Waals surface area contributed by atoms with Crippen molar-refractivity contribution in [2.45, 2.75) is 231 Å². The topological polar surface area (TPSA) is 119 Å². The number of carbonyl (C=O) groups excluding carboxylic acids is 2. The van der Waals surface area contributed by atoms with Crippen molar-refractivity contribution in [1.29, 1.82) is 0 Å². The van der Waals surface area contributed by atoms with Gasteiger partial charge in [0.1, 0.15) is 12.1 Å². The molecular weight excluding hydrogens is 588 g/mol. The third-order valence-corrected chi connectivity index (χ3v) is 9.42. The van der Waals surface area contributed by atoms with Crippen molar-refractivity contribution in [2.24, 2.45) is 5.73 Å². The highest BCUT2D eigenvalue weighted by Crippen LogP contribution is 2.18. The molecule has 2 unspecified atom stereocenters. The van der Waals surface area contributed by atoms with Crippen LogP contribution in [0.1, 0.15) is 219 Å². The van der Waals surface area contributed by atoms with Gasteiger partial charge in [0, 0.05) is 12.8 Å². The number of carboxylic acids is 1. The number of carboxylic acid groups (broad SMARTS) is 1. The summed E-state index contributed by atoms with van der Waals surface area (Å²) in [4.78, 5) is 35.9. The first-order chi connectivity index (χ1) is 22.9. The number of unbranched alkanes of at least 4 members (excludes halogenated alkanes) is 23. The number of rotatable bonds is 37. The van der Waals surface area contributed by atoms with E-state index in [2.05, 4.69) is 19.2 Å². The van der Waals surface area contributed by atoms with Gasteiger partial charge >= 0.3 is 11.9 Å². The van der Waals surface area contributed by atoms with Crippen LogP contribution < -0.4 is 11.1 Å². The van der Waals surface area contributed by atoms with Crippen molar-refractivity contribution >= 4 is 17.8 Å². The summed E-state index contributed by atoms with van der Waals surface area (Å²) < 4.78 is 5.85. The standard InChI is InChI=1S/C40H78N2O5/c1-3-5-7-8-9-10-11-12-13-14-15-16-17-18-19-20-21-22-23-24-28-34-39(44)47-36(30-6-4-2)31-26-25-27-33-38(43)42-37(40(45)46)32-29-35-41/h36-37H,3-35,41H2,1-2H3,(H,42,43)(H,45,46). The molecule has 7 nitrogen and oxygen atoms in total. The molecule has 0 aromatic carbocycles. The van der Waals surface area contributed by atoms with Gasteiger partial charge in [-0.1, -0.05) is 162 Å². The zero-order chi connectivity index (χ0) is 34.6. The third kappa shape index (κ3) is 32.7. The Balaban J connectivity index is 3.72. The van der Waals surface area contributed by atoms with Gasteiger partial charge in [0.25, 0.3) is 0 Å². The van der Waals surface area contributed by atoms with Crippen LogP contribution in [0.4, 0.5) is 0 Å². The number of ether oxygens (including phenoxy) is 1. The molecule has 0 bridgehead atoms. The van der Waals surface area contributed by atoms with Gasteiger partial charge in [-0.15, -0.1) is 0 Å². The third-order valence-electron chi connectivity index (χ3n) is 9.42. The minimum atomic E-state index is -1.02. The van der Waals surface area contributed by atoms with Crippen LogP contribution in [0.5, 0.6) is 0 Å². The van der Waals surface area contributed by atoms with E-state index in [0.29, 0.717) is 38.6 Å². The van der Waals surface area contributed by atoms with Crippen molar-refractivity contribution in [3.8, 4) is 0 Å². The molecule has 0 spiro atoms. The Morgan fingerprint density at radius 1 is 0.532 bits per heavy atom. The Morgan fingerprint density at radius 3 is 1.38 bits per heavy atom. The normalized spacial score (nSPS) is 12.6. The predicted octanol–water partition coefficient (Wildman–Crippen LogP) is 10.9. The van der Waals surface area contributed by atoms with Crippen LogP contribution in [0.15, 0.2) is 0 Å². The second-order valence-electron chi connectivity index (χ2n) is 14.1. The van der Waals surface area contributed by atoms with Crippen molar-refractivity contribution < 1.29 is 24.2 Å². The summed E-state index contributed by atoms with van der Waals surface area (Å²) in [7, 11) is 0. The van der Waals surface area contributed by atoms with Crippen LogP contribution in [0.25, 0.3) is 0 Å².